The first-order chi connectivity index (χ1) is 12.0. The number of methoxy groups -OCH3 is 1. The Morgan fingerprint density at radius 3 is 2.68 bits per heavy atom. The first kappa shape index (κ1) is 16.8. The maximum absolute atomic E-state index is 13.6. The van der Waals surface area contributed by atoms with E-state index in [9.17, 15) is 9.18 Å². The molecule has 2 heterocycles. The largest absolute Gasteiger partial charge is 0.465 e. The molecule has 0 aliphatic carbocycles. The predicted molar refractivity (Wildman–Crippen MR) is 91.2 cm³/mol. The number of ether oxygens (including phenoxy) is 1. The summed E-state index contributed by atoms with van der Waals surface area (Å²) in [5, 5.41) is 8.44. The monoisotopic (exact) mass is 340 g/mol. The molecule has 0 amide bonds. The van der Waals surface area contributed by atoms with Crippen molar-refractivity contribution in [2.24, 2.45) is 10.2 Å². The van der Waals surface area contributed by atoms with Gasteiger partial charge in [0.25, 0.3) is 0 Å². The Bertz CT molecular complexity index is 963. The fourth-order valence-corrected chi connectivity index (χ4v) is 2.46. The van der Waals surface area contributed by atoms with E-state index in [-0.39, 0.29) is 5.92 Å². The van der Waals surface area contributed by atoms with Crippen molar-refractivity contribution in [3.63, 3.8) is 0 Å². The van der Waals surface area contributed by atoms with E-state index in [1.165, 1.54) is 19.4 Å². The predicted octanol–water partition coefficient (Wildman–Crippen LogP) is 4.80. The van der Waals surface area contributed by atoms with Crippen molar-refractivity contribution in [1.82, 2.24) is 9.38 Å². The molecule has 0 unspecified atom stereocenters. The molecule has 0 aliphatic rings. The molecule has 0 N–H and O–H groups in total. The molecule has 0 aliphatic heterocycles. The zero-order valence-electron chi connectivity index (χ0n) is 14.1. The van der Waals surface area contributed by atoms with Gasteiger partial charge in [-0.05, 0) is 30.2 Å². The molecule has 25 heavy (non-hydrogen) atoms. The molecule has 3 aromatic rings. The highest BCUT2D eigenvalue weighted by Gasteiger charge is 2.16. The minimum Gasteiger partial charge on any atom is -0.465 e. The third-order valence-electron chi connectivity index (χ3n) is 3.69. The summed E-state index contributed by atoms with van der Waals surface area (Å²) in [6.45, 7) is 3.94. The molecule has 2 aromatic heterocycles. The fourth-order valence-electron chi connectivity index (χ4n) is 2.46. The topological polar surface area (TPSA) is 68.3 Å². The van der Waals surface area contributed by atoms with Crippen LogP contribution < -0.4 is 0 Å². The summed E-state index contributed by atoms with van der Waals surface area (Å²) in [6.07, 6.45) is 1.31. The maximum atomic E-state index is 13.6. The van der Waals surface area contributed by atoms with Gasteiger partial charge in [-0.25, -0.2) is 14.2 Å². The summed E-state index contributed by atoms with van der Waals surface area (Å²) in [5.41, 5.74) is 1.96. The average molecular weight is 340 g/mol. The number of hydrogen-bond acceptors (Lipinski definition) is 5. The molecule has 0 bridgehead atoms. The first-order valence-electron chi connectivity index (χ1n) is 7.78. The van der Waals surface area contributed by atoms with Gasteiger partial charge in [-0.2, -0.15) is 0 Å². The minimum atomic E-state index is -0.497. The number of halogens is 1. The average Bonchev–Trinajstić information content (AvgIpc) is 2.97. The van der Waals surface area contributed by atoms with Crippen LogP contribution in [-0.2, 0) is 4.74 Å². The van der Waals surface area contributed by atoms with Crippen molar-refractivity contribution in [2.45, 2.75) is 19.8 Å². The summed E-state index contributed by atoms with van der Waals surface area (Å²) in [4.78, 5) is 16.3. The lowest BCUT2D eigenvalue weighted by atomic mass is 10.1. The van der Waals surface area contributed by atoms with Crippen LogP contribution in [0.3, 0.4) is 0 Å². The summed E-state index contributed by atoms with van der Waals surface area (Å²) in [7, 11) is 1.31. The Kier molecular flexibility index (Phi) is 4.56. The van der Waals surface area contributed by atoms with Gasteiger partial charge >= 0.3 is 5.97 Å². The number of fused-ring (bicyclic) bond motifs is 1. The minimum absolute atomic E-state index is 0.0766. The number of rotatable bonds is 4. The van der Waals surface area contributed by atoms with Gasteiger partial charge in [0.15, 0.2) is 5.82 Å². The van der Waals surface area contributed by atoms with Gasteiger partial charge < -0.3 is 4.74 Å². The standard InChI is InChI=1S/C18H17FN4O2/c1-11(2)16-17(23-10-12(19)8-9-15(23)20-16)22-21-14-7-5-4-6-13(14)18(24)25-3/h4-11H,1-3H3. The van der Waals surface area contributed by atoms with Gasteiger partial charge in [-0.3, -0.25) is 4.40 Å². The zero-order chi connectivity index (χ0) is 18.0. The van der Waals surface area contributed by atoms with Crippen LogP contribution in [0.15, 0.2) is 52.8 Å². The van der Waals surface area contributed by atoms with E-state index in [0.717, 1.165) is 0 Å². The van der Waals surface area contributed by atoms with Crippen LogP contribution in [0.1, 0.15) is 35.8 Å². The van der Waals surface area contributed by atoms with Crippen LogP contribution in [0.2, 0.25) is 0 Å². The number of aromatic nitrogens is 2. The van der Waals surface area contributed by atoms with Gasteiger partial charge in [0.05, 0.1) is 18.4 Å². The number of pyridine rings is 1. The molecular weight excluding hydrogens is 323 g/mol. The highest BCUT2D eigenvalue weighted by molar-refractivity contribution is 5.94. The SMILES string of the molecule is COC(=O)c1ccccc1N=Nc1c(C(C)C)nc2ccc(F)cn12. The molecular formula is C18H17FN4O2. The van der Waals surface area contributed by atoms with Crippen molar-refractivity contribution in [3.8, 4) is 0 Å². The number of carbonyl (C=O) groups is 1. The summed E-state index contributed by atoms with van der Waals surface area (Å²) in [5.74, 6) is -0.383. The molecule has 1 aromatic carbocycles. The number of imidazole rings is 1. The number of azo groups is 1. The van der Waals surface area contributed by atoms with E-state index in [2.05, 4.69) is 15.2 Å². The fraction of sp³-hybridized carbons (Fsp3) is 0.222. The van der Waals surface area contributed by atoms with Crippen LogP contribution in [0.25, 0.3) is 5.65 Å². The number of esters is 1. The normalized spacial score (nSPS) is 11.6. The number of nitrogens with zero attached hydrogens (tertiary/aromatic N) is 4. The second-order valence-corrected chi connectivity index (χ2v) is 5.76. The maximum Gasteiger partial charge on any atom is 0.340 e. The van der Waals surface area contributed by atoms with E-state index < -0.39 is 11.8 Å². The molecule has 0 spiro atoms. The molecule has 128 valence electrons. The third-order valence-corrected chi connectivity index (χ3v) is 3.69. The lowest BCUT2D eigenvalue weighted by molar-refractivity contribution is 0.0601. The zero-order valence-corrected chi connectivity index (χ0v) is 14.1. The second-order valence-electron chi connectivity index (χ2n) is 5.76. The highest BCUT2D eigenvalue weighted by atomic mass is 19.1. The number of carbonyl (C=O) groups excluding carboxylic acids is 1. The molecule has 0 saturated carbocycles. The Balaban J connectivity index is 2.12. The van der Waals surface area contributed by atoms with Crippen molar-refractivity contribution in [1.29, 1.82) is 0 Å². The number of hydrogen-bond donors (Lipinski definition) is 0. The van der Waals surface area contributed by atoms with Gasteiger partial charge in [0.1, 0.15) is 17.2 Å². The van der Waals surface area contributed by atoms with Crippen LogP contribution in [0.4, 0.5) is 15.9 Å². The summed E-state index contributed by atoms with van der Waals surface area (Å²) in [6, 6.07) is 9.67. The molecule has 6 nitrogen and oxygen atoms in total. The smallest absolute Gasteiger partial charge is 0.340 e. The van der Waals surface area contributed by atoms with E-state index in [1.807, 2.05) is 13.8 Å². The van der Waals surface area contributed by atoms with E-state index >= 15 is 0 Å². The van der Waals surface area contributed by atoms with Crippen LogP contribution >= 0.6 is 0 Å². The quantitative estimate of drug-likeness (QED) is 0.506. The molecule has 0 radical (unpaired) electrons. The van der Waals surface area contributed by atoms with E-state index in [0.29, 0.717) is 28.4 Å². The van der Waals surface area contributed by atoms with Gasteiger partial charge in [0.2, 0.25) is 0 Å². The Labute approximate surface area is 144 Å². The molecule has 3 rings (SSSR count). The third kappa shape index (κ3) is 3.26. The molecule has 0 atom stereocenters. The Morgan fingerprint density at radius 2 is 1.96 bits per heavy atom. The number of benzene rings is 1. The molecule has 0 saturated heterocycles. The Morgan fingerprint density at radius 1 is 1.20 bits per heavy atom. The second kappa shape index (κ2) is 6.80. The summed E-state index contributed by atoms with van der Waals surface area (Å²) < 4.78 is 19.9. The Hall–Kier alpha value is -3.09. The van der Waals surface area contributed by atoms with Gasteiger partial charge in [-0.15, -0.1) is 10.2 Å². The van der Waals surface area contributed by atoms with E-state index in [4.69, 9.17) is 4.74 Å². The highest BCUT2D eigenvalue weighted by Crippen LogP contribution is 2.30. The van der Waals surface area contributed by atoms with Crippen LogP contribution in [0.5, 0.6) is 0 Å². The lowest BCUT2D eigenvalue weighted by Gasteiger charge is -2.04. The lowest BCUT2D eigenvalue weighted by Crippen LogP contribution is -2.00. The summed E-state index contributed by atoms with van der Waals surface area (Å²) >= 11 is 0. The van der Waals surface area contributed by atoms with Gasteiger partial charge in [-0.1, -0.05) is 26.0 Å². The van der Waals surface area contributed by atoms with Crippen molar-refractivity contribution in [2.75, 3.05) is 7.11 Å². The first-order valence-corrected chi connectivity index (χ1v) is 7.78. The van der Waals surface area contributed by atoms with E-state index in [1.54, 1.807) is 34.7 Å². The van der Waals surface area contributed by atoms with Crippen molar-refractivity contribution in [3.05, 3.63) is 59.7 Å². The van der Waals surface area contributed by atoms with Crippen molar-refractivity contribution < 1.29 is 13.9 Å². The molecule has 0 fully saturated rings. The van der Waals surface area contributed by atoms with Crippen LogP contribution in [0, 0.1) is 5.82 Å². The van der Waals surface area contributed by atoms with Crippen molar-refractivity contribution >= 4 is 23.1 Å². The molecule has 7 heteroatoms. The van der Waals surface area contributed by atoms with Crippen LogP contribution in [-0.4, -0.2) is 22.5 Å². The van der Waals surface area contributed by atoms with Gasteiger partial charge in [0, 0.05) is 6.20 Å².